The zero-order chi connectivity index (χ0) is 12.8. The van der Waals surface area contributed by atoms with Crippen LogP contribution in [-0.2, 0) is 5.41 Å². The molecular weight excluding hydrogens is 305 g/mol. The van der Waals surface area contributed by atoms with Gasteiger partial charge in [0, 0.05) is 10.5 Å². The molecule has 0 aromatic heterocycles. The van der Waals surface area contributed by atoms with Gasteiger partial charge in [-0.05, 0) is 51.5 Å². The molecule has 2 rings (SSSR count). The first-order valence-electron chi connectivity index (χ1n) is 5.79. The van der Waals surface area contributed by atoms with Gasteiger partial charge in [-0.25, -0.2) is 4.39 Å². The summed E-state index contributed by atoms with van der Waals surface area (Å²) in [5, 5.41) is 4.02. The third-order valence-electron chi connectivity index (χ3n) is 3.40. The fraction of sp³-hybridized carbons (Fsp3) is 0.538. The number of hydrogen-bond acceptors (Lipinski definition) is 1. The van der Waals surface area contributed by atoms with Crippen LogP contribution in [0.1, 0.15) is 44.4 Å². The van der Waals surface area contributed by atoms with Crippen molar-refractivity contribution in [1.29, 1.82) is 0 Å². The Bertz CT molecular complexity index is 459. The summed E-state index contributed by atoms with van der Waals surface area (Å²) in [6, 6.07) is 1.61. The fourth-order valence-corrected chi connectivity index (χ4v) is 3.46. The Morgan fingerprint density at radius 1 is 1.59 bits per heavy atom. The highest BCUT2D eigenvalue weighted by atomic mass is 79.9. The van der Waals surface area contributed by atoms with Crippen LogP contribution in [0.4, 0.5) is 4.39 Å². The molecule has 0 amide bonds. The van der Waals surface area contributed by atoms with E-state index in [-0.39, 0.29) is 17.3 Å². The van der Waals surface area contributed by atoms with Crippen LogP contribution in [0.3, 0.4) is 0 Å². The molecule has 1 unspecified atom stereocenters. The van der Waals surface area contributed by atoms with E-state index in [0.29, 0.717) is 9.50 Å². The van der Waals surface area contributed by atoms with E-state index in [9.17, 15) is 4.39 Å². The molecule has 1 N–H and O–H groups in total. The summed E-state index contributed by atoms with van der Waals surface area (Å²) in [6.45, 7) is 7.03. The molecule has 94 valence electrons. The second-order valence-corrected chi connectivity index (χ2v) is 6.37. The summed E-state index contributed by atoms with van der Waals surface area (Å²) >= 11 is 9.63. The standard InChI is InChI=1S/C13H16BrClFN/c1-4-17-9-6-13(2,3)11-8(16)5-7(14)12(15)10(9)11/h5,9,17H,4,6H2,1-3H3. The molecule has 0 radical (unpaired) electrons. The Hall–Kier alpha value is -0.120. The zero-order valence-electron chi connectivity index (χ0n) is 10.2. The Morgan fingerprint density at radius 2 is 2.24 bits per heavy atom. The normalized spacial score (nSPS) is 21.6. The summed E-state index contributed by atoms with van der Waals surface area (Å²) in [5.41, 5.74) is 1.51. The van der Waals surface area contributed by atoms with E-state index in [1.165, 1.54) is 6.07 Å². The van der Waals surface area contributed by atoms with Gasteiger partial charge in [0.15, 0.2) is 0 Å². The van der Waals surface area contributed by atoms with E-state index >= 15 is 0 Å². The smallest absolute Gasteiger partial charge is 0.128 e. The van der Waals surface area contributed by atoms with Gasteiger partial charge in [0.1, 0.15) is 5.82 Å². The van der Waals surface area contributed by atoms with Gasteiger partial charge in [-0.3, -0.25) is 0 Å². The van der Waals surface area contributed by atoms with E-state index < -0.39 is 0 Å². The maximum Gasteiger partial charge on any atom is 0.128 e. The quantitative estimate of drug-likeness (QED) is 0.787. The van der Waals surface area contributed by atoms with Crippen LogP contribution in [0.2, 0.25) is 5.02 Å². The average molecular weight is 321 g/mol. The number of nitrogens with one attached hydrogen (secondary N) is 1. The molecule has 1 aromatic carbocycles. The Kier molecular flexibility index (Phi) is 3.54. The Labute approximate surface area is 115 Å². The van der Waals surface area contributed by atoms with Crippen molar-refractivity contribution >= 4 is 27.5 Å². The zero-order valence-corrected chi connectivity index (χ0v) is 12.5. The van der Waals surface area contributed by atoms with Crippen molar-refractivity contribution in [3.8, 4) is 0 Å². The first kappa shape index (κ1) is 13.3. The molecule has 4 heteroatoms. The van der Waals surface area contributed by atoms with Crippen molar-refractivity contribution in [2.24, 2.45) is 0 Å². The van der Waals surface area contributed by atoms with Gasteiger partial charge in [0.25, 0.3) is 0 Å². The van der Waals surface area contributed by atoms with Crippen molar-refractivity contribution in [3.05, 3.63) is 32.5 Å². The summed E-state index contributed by atoms with van der Waals surface area (Å²) in [6.07, 6.45) is 0.878. The molecule has 17 heavy (non-hydrogen) atoms. The van der Waals surface area contributed by atoms with E-state index in [4.69, 9.17) is 11.6 Å². The first-order valence-corrected chi connectivity index (χ1v) is 6.97. The van der Waals surface area contributed by atoms with Gasteiger partial charge in [0.2, 0.25) is 0 Å². The molecule has 1 aliphatic carbocycles. The fourth-order valence-electron chi connectivity index (χ4n) is 2.76. The van der Waals surface area contributed by atoms with Gasteiger partial charge in [-0.1, -0.05) is 32.4 Å². The molecule has 1 aromatic rings. The lowest BCUT2D eigenvalue weighted by atomic mass is 9.86. The maximum atomic E-state index is 14.1. The second kappa shape index (κ2) is 4.52. The summed E-state index contributed by atoms with van der Waals surface area (Å²) < 4.78 is 14.8. The molecule has 0 spiro atoms. The van der Waals surface area contributed by atoms with Crippen molar-refractivity contribution in [1.82, 2.24) is 5.32 Å². The number of benzene rings is 1. The molecule has 0 saturated carbocycles. The molecule has 1 nitrogen and oxygen atoms in total. The third kappa shape index (κ3) is 2.13. The summed E-state index contributed by atoms with van der Waals surface area (Å²) in [5.74, 6) is -0.165. The van der Waals surface area contributed by atoms with Crippen LogP contribution in [0.5, 0.6) is 0 Å². The number of hydrogen-bond donors (Lipinski definition) is 1. The van der Waals surface area contributed by atoms with Gasteiger partial charge in [0.05, 0.1) is 5.02 Å². The second-order valence-electron chi connectivity index (χ2n) is 5.14. The molecule has 0 bridgehead atoms. The summed E-state index contributed by atoms with van der Waals surface area (Å²) in [4.78, 5) is 0. The van der Waals surface area contributed by atoms with Crippen molar-refractivity contribution in [3.63, 3.8) is 0 Å². The van der Waals surface area contributed by atoms with Gasteiger partial charge < -0.3 is 5.32 Å². The van der Waals surface area contributed by atoms with Gasteiger partial charge >= 0.3 is 0 Å². The molecule has 0 fully saturated rings. The lowest BCUT2D eigenvalue weighted by Gasteiger charge is -2.20. The van der Waals surface area contributed by atoms with Gasteiger partial charge in [-0.2, -0.15) is 0 Å². The van der Waals surface area contributed by atoms with Crippen LogP contribution in [0.25, 0.3) is 0 Å². The molecular formula is C13H16BrClFN. The number of rotatable bonds is 2. The minimum atomic E-state index is -0.170. The van der Waals surface area contributed by atoms with Crippen LogP contribution < -0.4 is 5.32 Å². The van der Waals surface area contributed by atoms with Crippen LogP contribution in [-0.4, -0.2) is 6.54 Å². The third-order valence-corrected chi connectivity index (χ3v) is 4.66. The Morgan fingerprint density at radius 3 is 2.82 bits per heavy atom. The van der Waals surface area contributed by atoms with E-state index in [2.05, 4.69) is 35.1 Å². The topological polar surface area (TPSA) is 12.0 Å². The monoisotopic (exact) mass is 319 g/mol. The number of fused-ring (bicyclic) bond motifs is 1. The van der Waals surface area contributed by atoms with E-state index in [1.54, 1.807) is 0 Å². The van der Waals surface area contributed by atoms with Crippen LogP contribution in [0, 0.1) is 5.82 Å². The lowest BCUT2D eigenvalue weighted by molar-refractivity contribution is 0.424. The minimum Gasteiger partial charge on any atom is -0.310 e. The molecule has 0 saturated heterocycles. The van der Waals surface area contributed by atoms with Crippen molar-refractivity contribution in [2.75, 3.05) is 6.54 Å². The van der Waals surface area contributed by atoms with Crippen LogP contribution >= 0.6 is 27.5 Å². The summed E-state index contributed by atoms with van der Waals surface area (Å²) in [7, 11) is 0. The van der Waals surface area contributed by atoms with E-state index in [1.807, 2.05) is 6.92 Å². The van der Waals surface area contributed by atoms with Gasteiger partial charge in [-0.15, -0.1) is 0 Å². The first-order chi connectivity index (χ1) is 7.88. The maximum absolute atomic E-state index is 14.1. The van der Waals surface area contributed by atoms with E-state index in [0.717, 1.165) is 24.1 Å². The molecule has 0 heterocycles. The average Bonchev–Trinajstić information content (AvgIpc) is 2.47. The van der Waals surface area contributed by atoms with Crippen LogP contribution in [0.15, 0.2) is 10.5 Å². The molecule has 1 aliphatic rings. The SMILES string of the molecule is CCNC1CC(C)(C)c2c(F)cc(Br)c(Cl)c21. The Balaban J connectivity index is 2.65. The molecule has 1 atom stereocenters. The van der Waals surface area contributed by atoms with Crippen molar-refractivity contribution in [2.45, 2.75) is 38.6 Å². The van der Waals surface area contributed by atoms with Crippen molar-refractivity contribution < 1.29 is 4.39 Å². The highest BCUT2D eigenvalue weighted by Crippen LogP contribution is 2.50. The lowest BCUT2D eigenvalue weighted by Crippen LogP contribution is -2.21. The predicted octanol–water partition coefficient (Wildman–Crippen LogP) is 4.57. The predicted molar refractivity (Wildman–Crippen MR) is 73.2 cm³/mol. The molecule has 0 aliphatic heterocycles. The highest BCUT2D eigenvalue weighted by Gasteiger charge is 2.40. The highest BCUT2D eigenvalue weighted by molar-refractivity contribution is 9.10. The minimum absolute atomic E-state index is 0.143. The largest absolute Gasteiger partial charge is 0.310 e. The number of halogens is 3.